The summed E-state index contributed by atoms with van der Waals surface area (Å²) >= 11 is 1.64. The zero-order valence-electron chi connectivity index (χ0n) is 14.7. The van der Waals surface area contributed by atoms with Crippen LogP contribution in [-0.4, -0.2) is 53.9 Å². The van der Waals surface area contributed by atoms with Gasteiger partial charge in [0.1, 0.15) is 6.10 Å². The summed E-state index contributed by atoms with van der Waals surface area (Å²) in [5.41, 5.74) is 0.214. The Labute approximate surface area is 153 Å². The highest BCUT2D eigenvalue weighted by Crippen LogP contribution is 2.35. The van der Waals surface area contributed by atoms with Crippen LogP contribution in [0.1, 0.15) is 18.6 Å². The highest BCUT2D eigenvalue weighted by molar-refractivity contribution is 7.98. The van der Waals surface area contributed by atoms with E-state index < -0.39 is 11.6 Å². The summed E-state index contributed by atoms with van der Waals surface area (Å²) in [6.45, 7) is 5.00. The molecular formula is C20H25NO3S. The van der Waals surface area contributed by atoms with Crippen molar-refractivity contribution >= 4 is 17.5 Å². The summed E-state index contributed by atoms with van der Waals surface area (Å²) in [4.78, 5) is 16.5. The third-order valence-corrected chi connectivity index (χ3v) is 5.92. The molecular weight excluding hydrogens is 334 g/mol. The van der Waals surface area contributed by atoms with Crippen LogP contribution >= 0.6 is 11.8 Å². The Morgan fingerprint density at radius 1 is 1.28 bits per heavy atom. The Morgan fingerprint density at radius 3 is 2.60 bits per heavy atom. The molecule has 0 radical (unpaired) electrons. The number of hydrogen-bond acceptors (Lipinski definition) is 5. The third-order valence-electron chi connectivity index (χ3n) is 5.18. The number of aliphatic hydroxyl groups excluding tert-OH is 1. The fourth-order valence-corrected chi connectivity index (χ4v) is 3.98. The quantitative estimate of drug-likeness (QED) is 0.820. The molecule has 1 aromatic rings. The van der Waals surface area contributed by atoms with E-state index >= 15 is 0 Å². The lowest BCUT2D eigenvalue weighted by atomic mass is 9.75. The van der Waals surface area contributed by atoms with Crippen LogP contribution in [0.25, 0.3) is 0 Å². The molecule has 1 saturated heterocycles. The van der Waals surface area contributed by atoms with Gasteiger partial charge in [-0.05, 0) is 30.9 Å². The van der Waals surface area contributed by atoms with Crippen LogP contribution in [0.15, 0.2) is 53.5 Å². The van der Waals surface area contributed by atoms with Gasteiger partial charge in [0.05, 0.1) is 24.7 Å². The number of allylic oxidation sites excluding steroid dienone is 2. The van der Waals surface area contributed by atoms with Crippen LogP contribution in [-0.2, 0) is 9.53 Å². The van der Waals surface area contributed by atoms with E-state index in [-0.39, 0.29) is 11.7 Å². The maximum Gasteiger partial charge on any atom is 0.174 e. The molecule has 0 aromatic heterocycles. The number of ether oxygens (including phenoxy) is 1. The Hall–Kier alpha value is -1.40. The Morgan fingerprint density at radius 2 is 1.96 bits per heavy atom. The topological polar surface area (TPSA) is 49.8 Å². The molecule has 0 saturated carbocycles. The monoisotopic (exact) mass is 359 g/mol. The van der Waals surface area contributed by atoms with Crippen LogP contribution < -0.4 is 0 Å². The second kappa shape index (κ2) is 7.87. The van der Waals surface area contributed by atoms with Gasteiger partial charge in [-0.3, -0.25) is 9.69 Å². The van der Waals surface area contributed by atoms with Gasteiger partial charge < -0.3 is 9.84 Å². The van der Waals surface area contributed by atoms with Crippen molar-refractivity contribution in [3.63, 3.8) is 0 Å². The van der Waals surface area contributed by atoms with Crippen molar-refractivity contribution in [1.29, 1.82) is 0 Å². The van der Waals surface area contributed by atoms with Crippen molar-refractivity contribution in [2.24, 2.45) is 5.92 Å². The maximum atomic E-state index is 13.1. The van der Waals surface area contributed by atoms with Gasteiger partial charge >= 0.3 is 0 Å². The molecule has 4 nitrogen and oxygen atoms in total. The van der Waals surface area contributed by atoms with Gasteiger partial charge in [0, 0.05) is 18.0 Å². The Balaban J connectivity index is 1.82. The summed E-state index contributed by atoms with van der Waals surface area (Å²) in [5.74, 6) is -0.544. The first-order chi connectivity index (χ1) is 12.1. The molecule has 1 aliphatic carbocycles. The number of aliphatic hydroxyl groups is 1. The van der Waals surface area contributed by atoms with E-state index in [1.807, 2.05) is 48.7 Å². The highest BCUT2D eigenvalue weighted by Gasteiger charge is 2.43. The average molecular weight is 359 g/mol. The highest BCUT2D eigenvalue weighted by atomic mass is 32.2. The van der Waals surface area contributed by atoms with Crippen molar-refractivity contribution in [2.75, 3.05) is 32.6 Å². The second-order valence-corrected chi connectivity index (χ2v) is 7.50. The van der Waals surface area contributed by atoms with E-state index in [0.717, 1.165) is 18.0 Å². The summed E-state index contributed by atoms with van der Waals surface area (Å²) in [6, 6.07) is 7.55. The van der Waals surface area contributed by atoms with E-state index in [9.17, 15) is 9.90 Å². The SMILES string of the molecule is CSc1ccc(C(O)C(=O)C2C=CC=CC2(C)N2CCOCC2)cc1. The Bertz CT molecular complexity index is 664. The molecule has 1 heterocycles. The van der Waals surface area contributed by atoms with Gasteiger partial charge in [-0.25, -0.2) is 0 Å². The zero-order valence-corrected chi connectivity index (χ0v) is 15.5. The van der Waals surface area contributed by atoms with Crippen molar-refractivity contribution in [3.05, 3.63) is 54.1 Å². The molecule has 5 heteroatoms. The lowest BCUT2D eigenvalue weighted by Gasteiger charge is -2.46. The summed E-state index contributed by atoms with van der Waals surface area (Å²) in [5, 5.41) is 10.7. The van der Waals surface area contributed by atoms with Gasteiger partial charge in [0.25, 0.3) is 0 Å². The van der Waals surface area contributed by atoms with Crippen LogP contribution in [0.5, 0.6) is 0 Å². The molecule has 2 aliphatic rings. The zero-order chi connectivity index (χ0) is 17.9. The predicted molar refractivity (Wildman–Crippen MR) is 101 cm³/mol. The number of Topliss-reactive ketones (excluding diaryl/α,β-unsaturated/α-hetero) is 1. The summed E-state index contributed by atoms with van der Waals surface area (Å²) in [6.07, 6.45) is 8.76. The molecule has 25 heavy (non-hydrogen) atoms. The number of carbonyl (C=O) groups excluding carboxylic acids is 1. The average Bonchev–Trinajstić information content (AvgIpc) is 2.68. The van der Waals surface area contributed by atoms with E-state index in [0.29, 0.717) is 18.8 Å². The molecule has 1 N–H and O–H groups in total. The minimum absolute atomic E-state index is 0.161. The van der Waals surface area contributed by atoms with Crippen molar-refractivity contribution in [3.8, 4) is 0 Å². The number of thioether (sulfide) groups is 1. The molecule has 1 aliphatic heterocycles. The standard InChI is InChI=1S/C20H25NO3S/c1-20(21-11-13-24-14-12-21)10-4-3-5-17(20)19(23)18(22)15-6-8-16(25-2)9-7-15/h3-10,17-18,22H,11-14H2,1-2H3. The molecule has 3 atom stereocenters. The molecule has 3 rings (SSSR count). The first-order valence-electron chi connectivity index (χ1n) is 8.61. The summed E-state index contributed by atoms with van der Waals surface area (Å²) < 4.78 is 5.45. The van der Waals surface area contributed by atoms with Crippen LogP contribution in [0.2, 0.25) is 0 Å². The van der Waals surface area contributed by atoms with Gasteiger partial charge in [-0.1, -0.05) is 36.4 Å². The summed E-state index contributed by atoms with van der Waals surface area (Å²) in [7, 11) is 0. The molecule has 0 bridgehead atoms. The first kappa shape index (κ1) is 18.4. The molecule has 134 valence electrons. The van der Waals surface area contributed by atoms with Crippen LogP contribution in [0, 0.1) is 5.92 Å². The van der Waals surface area contributed by atoms with Crippen LogP contribution in [0.3, 0.4) is 0 Å². The molecule has 1 fully saturated rings. The molecule has 0 spiro atoms. The molecule has 3 unspecified atom stereocenters. The Kier molecular flexibility index (Phi) is 5.79. The van der Waals surface area contributed by atoms with Crippen molar-refractivity contribution in [1.82, 2.24) is 4.90 Å². The lowest BCUT2D eigenvalue weighted by Crippen LogP contribution is -2.57. The van der Waals surface area contributed by atoms with E-state index in [1.165, 1.54) is 0 Å². The van der Waals surface area contributed by atoms with Gasteiger partial charge in [-0.15, -0.1) is 11.8 Å². The van der Waals surface area contributed by atoms with E-state index in [2.05, 4.69) is 17.9 Å². The van der Waals surface area contributed by atoms with Crippen LogP contribution in [0.4, 0.5) is 0 Å². The number of benzene rings is 1. The normalized spacial score (nSPS) is 28.0. The third kappa shape index (κ3) is 3.75. The van der Waals surface area contributed by atoms with Crippen molar-refractivity contribution < 1.29 is 14.6 Å². The number of nitrogens with zero attached hydrogens (tertiary/aromatic N) is 1. The number of ketones is 1. The van der Waals surface area contributed by atoms with Gasteiger partial charge in [0.15, 0.2) is 5.78 Å². The minimum atomic E-state index is -1.11. The molecule has 1 aromatic carbocycles. The smallest absolute Gasteiger partial charge is 0.174 e. The van der Waals surface area contributed by atoms with Gasteiger partial charge in [0.2, 0.25) is 0 Å². The lowest BCUT2D eigenvalue weighted by molar-refractivity contribution is -0.134. The largest absolute Gasteiger partial charge is 0.381 e. The van der Waals surface area contributed by atoms with E-state index in [1.54, 1.807) is 11.8 Å². The number of rotatable bonds is 5. The van der Waals surface area contributed by atoms with E-state index in [4.69, 9.17) is 4.74 Å². The maximum absolute atomic E-state index is 13.1. The fourth-order valence-electron chi connectivity index (χ4n) is 3.57. The second-order valence-electron chi connectivity index (χ2n) is 6.62. The number of carbonyl (C=O) groups is 1. The predicted octanol–water partition coefficient (Wildman–Crippen LogP) is 2.84. The van der Waals surface area contributed by atoms with Gasteiger partial charge in [-0.2, -0.15) is 0 Å². The minimum Gasteiger partial charge on any atom is -0.381 e. The first-order valence-corrected chi connectivity index (χ1v) is 9.83. The fraction of sp³-hybridized carbons (Fsp3) is 0.450. The number of morpholine rings is 1. The molecule has 0 amide bonds. The van der Waals surface area contributed by atoms with Crippen molar-refractivity contribution in [2.45, 2.75) is 23.5 Å². The number of hydrogen-bond donors (Lipinski definition) is 1.